The highest BCUT2D eigenvalue weighted by molar-refractivity contribution is 8.00. The first-order valence-corrected chi connectivity index (χ1v) is 23.6. The van der Waals surface area contributed by atoms with Gasteiger partial charge in [0.25, 0.3) is 11.8 Å². The number of hydrogen-bond donors (Lipinski definition) is 4. The Balaban J connectivity index is 1.02. The minimum Gasteiger partial charge on any atom is -0.477 e. The Bertz CT molecular complexity index is 2740. The number of esters is 1. The van der Waals surface area contributed by atoms with E-state index in [1.807, 2.05) is 152 Å². The van der Waals surface area contributed by atoms with E-state index in [-0.39, 0.29) is 35.0 Å². The number of nitrogens with two attached hydrogens (primary N) is 1. The van der Waals surface area contributed by atoms with Gasteiger partial charge >= 0.3 is 18.0 Å². The van der Waals surface area contributed by atoms with Crippen molar-refractivity contribution < 1.29 is 43.4 Å². The first kappa shape index (κ1) is 45.4. The van der Waals surface area contributed by atoms with Crippen molar-refractivity contribution in [2.24, 2.45) is 16.3 Å². The van der Waals surface area contributed by atoms with Crippen LogP contribution in [0.25, 0.3) is 0 Å². The van der Waals surface area contributed by atoms with Gasteiger partial charge < -0.3 is 35.8 Å². The summed E-state index contributed by atoms with van der Waals surface area (Å²) in [6.07, 6.45) is -0.852. The van der Waals surface area contributed by atoms with Crippen LogP contribution < -0.4 is 16.4 Å². The molecule has 2 aliphatic heterocycles. The molecule has 3 heterocycles. The number of fused-ring (bicyclic) bond motifs is 1. The lowest BCUT2D eigenvalue weighted by Gasteiger charge is -2.49. The van der Waals surface area contributed by atoms with E-state index in [1.54, 1.807) is 5.38 Å². The zero-order valence-corrected chi connectivity index (χ0v) is 37.9. The number of carboxylic acid groups (broad SMARTS) is 1. The molecule has 5 N–H and O–H groups in total. The van der Waals surface area contributed by atoms with Crippen molar-refractivity contribution in [1.82, 2.24) is 15.2 Å². The molecule has 5 aromatic carbocycles. The number of oxime groups is 1. The van der Waals surface area contributed by atoms with Gasteiger partial charge in [-0.3, -0.25) is 19.3 Å². The molecular weight excluding hydrogens is 905 g/mol. The number of ether oxygens (including phenoxy) is 2. The summed E-state index contributed by atoms with van der Waals surface area (Å²) in [6, 6.07) is 47.4. The van der Waals surface area contributed by atoms with Crippen molar-refractivity contribution >= 4 is 63.8 Å². The molecule has 0 spiro atoms. The highest BCUT2D eigenvalue weighted by atomic mass is 32.2. The van der Waals surface area contributed by atoms with Crippen molar-refractivity contribution in [2.45, 2.75) is 35.9 Å². The molecule has 2 fully saturated rings. The third-order valence-corrected chi connectivity index (χ3v) is 14.1. The molecule has 1 saturated heterocycles. The number of nitrogens with one attached hydrogen (secondary N) is 2. The predicted octanol–water partition coefficient (Wildman–Crippen LogP) is 7.21. The molecule has 1 aromatic heterocycles. The minimum absolute atomic E-state index is 0.0838. The Labute approximate surface area is 399 Å². The van der Waals surface area contributed by atoms with Crippen LogP contribution in [0.1, 0.15) is 52.5 Å². The SMILES string of the molecule is NC(=O)OCC1=C(C(=O)O)N2C(=O)[C@@H](NC(=O)/C(=N\OCC3(C(=O)OC(c4ccccc4)c4ccccc4)CC3)c3csc(NC(c4ccccc4)(c4ccccc4)c4ccccc4)n3)[C@H]2SC1. The van der Waals surface area contributed by atoms with Crippen LogP contribution in [-0.2, 0) is 39.0 Å². The molecule has 0 radical (unpaired) electrons. The molecule has 9 rings (SSSR count). The fourth-order valence-electron chi connectivity index (χ4n) is 8.34. The molecule has 17 heteroatoms. The van der Waals surface area contributed by atoms with Crippen molar-refractivity contribution in [3.05, 3.63) is 202 Å². The summed E-state index contributed by atoms with van der Waals surface area (Å²) >= 11 is 2.41. The molecule has 0 bridgehead atoms. The Morgan fingerprint density at radius 2 is 1.35 bits per heavy atom. The van der Waals surface area contributed by atoms with Gasteiger partial charge in [-0.2, -0.15) is 0 Å². The lowest BCUT2D eigenvalue weighted by Crippen LogP contribution is -2.71. The first-order valence-electron chi connectivity index (χ1n) is 21.6. The second-order valence-corrected chi connectivity index (χ2v) is 18.3. The molecule has 3 aliphatic rings. The lowest BCUT2D eigenvalue weighted by molar-refractivity contribution is -0.157. The standard InChI is InChI=1S/C51H44N6O9S2/c52-48(63)64-28-34-29-67-45-40(44(59)57(45)41(34)46(60)61)54-43(58)39(56-65-31-50(26-27-50)47(62)66-42(32-16-6-1-7-17-32)33-18-8-2-9-19-33)38-30-68-49(53-38)55-51(35-20-10-3-11-21-35,36-22-12-4-13-23-36)37-24-14-5-15-25-37/h1-25,30,40,42,45H,26-29,31H2,(H2,52,63)(H,53,55)(H,54,58)(H,60,61)/b56-39-/t40-,45-/m1/s1. The average molecular weight is 949 g/mol. The number of hydrogen-bond acceptors (Lipinski definition) is 13. The maximum atomic E-state index is 14.5. The monoisotopic (exact) mass is 948 g/mol. The van der Waals surface area contributed by atoms with Crippen LogP contribution in [0.15, 0.2) is 173 Å². The van der Waals surface area contributed by atoms with Gasteiger partial charge in [0, 0.05) is 16.7 Å². The summed E-state index contributed by atoms with van der Waals surface area (Å²) in [4.78, 5) is 77.8. The molecule has 6 aromatic rings. The maximum Gasteiger partial charge on any atom is 0.404 e. The van der Waals surface area contributed by atoms with Crippen LogP contribution in [0.3, 0.4) is 0 Å². The first-order chi connectivity index (χ1) is 33.1. The number of thioether (sulfide) groups is 1. The van der Waals surface area contributed by atoms with E-state index in [4.69, 9.17) is 25.0 Å². The van der Waals surface area contributed by atoms with E-state index in [2.05, 4.69) is 15.8 Å². The zero-order valence-electron chi connectivity index (χ0n) is 36.2. The molecule has 68 heavy (non-hydrogen) atoms. The summed E-state index contributed by atoms with van der Waals surface area (Å²) in [5.74, 6) is -3.33. The summed E-state index contributed by atoms with van der Waals surface area (Å²) < 4.78 is 11.1. The van der Waals surface area contributed by atoms with E-state index in [9.17, 15) is 29.1 Å². The summed E-state index contributed by atoms with van der Waals surface area (Å²) in [5.41, 5.74) is 7.13. The molecule has 15 nitrogen and oxygen atoms in total. The van der Waals surface area contributed by atoms with Crippen molar-refractivity contribution in [2.75, 3.05) is 24.3 Å². The second kappa shape index (κ2) is 19.6. The lowest BCUT2D eigenvalue weighted by atomic mass is 9.77. The number of nitrogens with zero attached hydrogens (tertiary/aromatic N) is 3. The van der Waals surface area contributed by atoms with Crippen molar-refractivity contribution in [3.63, 3.8) is 0 Å². The van der Waals surface area contributed by atoms with Crippen LogP contribution in [0.4, 0.5) is 9.93 Å². The number of primary amides is 1. The Morgan fingerprint density at radius 3 is 1.85 bits per heavy atom. The molecule has 0 unspecified atom stereocenters. The average Bonchev–Trinajstić information content (AvgIpc) is 4.04. The zero-order chi connectivity index (χ0) is 47.3. The molecule has 3 amide bonds. The summed E-state index contributed by atoms with van der Waals surface area (Å²) in [7, 11) is 0. The van der Waals surface area contributed by atoms with Crippen LogP contribution >= 0.6 is 23.1 Å². The fraction of sp³-hybridized carbons (Fsp3) is 0.196. The second-order valence-electron chi connectivity index (χ2n) is 16.3. The van der Waals surface area contributed by atoms with Gasteiger partial charge in [0.2, 0.25) is 0 Å². The van der Waals surface area contributed by atoms with Gasteiger partial charge in [0.15, 0.2) is 16.9 Å². The smallest absolute Gasteiger partial charge is 0.404 e. The quantitative estimate of drug-likeness (QED) is 0.0221. The number of thiazole rings is 1. The van der Waals surface area contributed by atoms with Crippen LogP contribution in [0, 0.1) is 5.41 Å². The summed E-state index contributed by atoms with van der Waals surface area (Å²) in [6.45, 7) is -0.634. The topological polar surface area (TPSA) is 212 Å². The van der Waals surface area contributed by atoms with E-state index in [0.29, 0.717) is 18.0 Å². The number of β-lactam (4-membered cyclic amide) rings is 1. The van der Waals surface area contributed by atoms with Gasteiger partial charge in [-0.15, -0.1) is 23.1 Å². The van der Waals surface area contributed by atoms with Gasteiger partial charge in [-0.25, -0.2) is 14.6 Å². The predicted molar refractivity (Wildman–Crippen MR) is 255 cm³/mol. The normalized spacial score (nSPS) is 17.3. The number of aliphatic carboxylic acids is 1. The molecule has 344 valence electrons. The largest absolute Gasteiger partial charge is 0.477 e. The molecule has 2 atom stereocenters. The van der Waals surface area contributed by atoms with Crippen LogP contribution in [0.2, 0.25) is 0 Å². The highest BCUT2D eigenvalue weighted by Gasteiger charge is 2.55. The van der Waals surface area contributed by atoms with E-state index >= 15 is 0 Å². The minimum atomic E-state index is -1.40. The van der Waals surface area contributed by atoms with Crippen molar-refractivity contribution in [1.29, 1.82) is 0 Å². The van der Waals surface area contributed by atoms with E-state index in [0.717, 1.165) is 32.7 Å². The maximum absolute atomic E-state index is 14.5. The number of carboxylic acids is 1. The number of carbonyl (C=O) groups is 5. The third kappa shape index (κ3) is 9.17. The third-order valence-electron chi connectivity index (χ3n) is 12.0. The van der Waals surface area contributed by atoms with Crippen LogP contribution in [-0.4, -0.2) is 80.9 Å². The number of aromatic nitrogens is 1. The van der Waals surface area contributed by atoms with Gasteiger partial charge in [0.1, 0.15) is 47.0 Å². The van der Waals surface area contributed by atoms with Gasteiger partial charge in [-0.1, -0.05) is 157 Å². The van der Waals surface area contributed by atoms with Crippen molar-refractivity contribution in [3.8, 4) is 0 Å². The molecule has 1 aliphatic carbocycles. The Hall–Kier alpha value is -7.76. The number of carbonyl (C=O) groups excluding carboxylic acids is 4. The molecule has 1 saturated carbocycles. The number of benzene rings is 5. The Morgan fingerprint density at radius 1 is 0.824 bits per heavy atom. The highest BCUT2D eigenvalue weighted by Crippen LogP contribution is 2.49. The Kier molecular flexibility index (Phi) is 13.1. The van der Waals surface area contributed by atoms with E-state index < -0.39 is 64.9 Å². The fourth-order valence-corrected chi connectivity index (χ4v) is 10.4. The van der Waals surface area contributed by atoms with Crippen LogP contribution in [0.5, 0.6) is 0 Å². The molecular formula is C51H44N6O9S2. The van der Waals surface area contributed by atoms with E-state index in [1.165, 1.54) is 23.1 Å². The van der Waals surface area contributed by atoms with Gasteiger partial charge in [-0.05, 0) is 40.7 Å². The number of anilines is 1. The number of amides is 3. The van der Waals surface area contributed by atoms with Gasteiger partial charge in [0.05, 0.1) is 0 Å². The number of rotatable bonds is 18. The summed E-state index contributed by atoms with van der Waals surface area (Å²) in [5, 5.41) is 22.1.